The van der Waals surface area contributed by atoms with E-state index in [1.165, 1.54) is 0 Å². The minimum absolute atomic E-state index is 0.684. The van der Waals surface area contributed by atoms with Crippen LogP contribution in [0.2, 0.25) is 0 Å². The largest absolute Gasteiger partial charge is 0.493 e. The molecule has 2 aromatic rings. The van der Waals surface area contributed by atoms with Crippen molar-refractivity contribution in [2.24, 2.45) is 0 Å². The molecule has 0 aliphatic heterocycles. The fourth-order valence-electron chi connectivity index (χ4n) is 2.07. The van der Waals surface area contributed by atoms with Crippen LogP contribution in [0.4, 0.5) is 5.69 Å². The molecule has 1 N–H and O–H groups in total. The molecule has 0 aliphatic carbocycles. The molecule has 1 aromatic carbocycles. The van der Waals surface area contributed by atoms with Gasteiger partial charge in [-0.25, -0.2) is 0 Å². The van der Waals surface area contributed by atoms with Crippen LogP contribution in [-0.4, -0.2) is 39.5 Å². The standard InChI is InChI=1S/C15H20N2O3/c1-18-8-4-6-16-12-5-7-17-13-10-15(20-3)14(19-2)9-11(12)13/h5,7,9-10H,4,6,8H2,1-3H3,(H,16,17). The molecule has 0 bridgehead atoms. The molecule has 0 radical (unpaired) electrons. The number of fused-ring (bicyclic) bond motifs is 1. The molecule has 0 spiro atoms. The average molecular weight is 276 g/mol. The van der Waals surface area contributed by atoms with Crippen molar-refractivity contribution in [3.63, 3.8) is 0 Å². The highest BCUT2D eigenvalue weighted by molar-refractivity contribution is 5.93. The zero-order valence-electron chi connectivity index (χ0n) is 12.1. The van der Waals surface area contributed by atoms with Gasteiger partial charge in [-0.15, -0.1) is 0 Å². The van der Waals surface area contributed by atoms with E-state index in [2.05, 4.69) is 10.3 Å². The Morgan fingerprint density at radius 3 is 2.55 bits per heavy atom. The molecular formula is C15H20N2O3. The maximum absolute atomic E-state index is 5.34. The van der Waals surface area contributed by atoms with E-state index in [0.29, 0.717) is 11.5 Å². The van der Waals surface area contributed by atoms with Crippen molar-refractivity contribution in [1.29, 1.82) is 0 Å². The van der Waals surface area contributed by atoms with E-state index in [1.807, 2.05) is 18.2 Å². The van der Waals surface area contributed by atoms with Gasteiger partial charge in [0.1, 0.15) is 0 Å². The number of nitrogens with one attached hydrogen (secondary N) is 1. The summed E-state index contributed by atoms with van der Waals surface area (Å²) in [4.78, 5) is 4.37. The van der Waals surface area contributed by atoms with Crippen molar-refractivity contribution in [3.8, 4) is 11.5 Å². The third kappa shape index (κ3) is 3.11. The Labute approximate surface area is 118 Å². The molecule has 1 heterocycles. The van der Waals surface area contributed by atoms with Crippen LogP contribution in [0.5, 0.6) is 11.5 Å². The van der Waals surface area contributed by atoms with E-state index < -0.39 is 0 Å². The summed E-state index contributed by atoms with van der Waals surface area (Å²) in [6, 6.07) is 5.79. The third-order valence-electron chi connectivity index (χ3n) is 3.09. The molecule has 20 heavy (non-hydrogen) atoms. The first kappa shape index (κ1) is 14.4. The quantitative estimate of drug-likeness (QED) is 0.788. The van der Waals surface area contributed by atoms with E-state index in [0.717, 1.165) is 36.2 Å². The monoisotopic (exact) mass is 276 g/mol. The van der Waals surface area contributed by atoms with Gasteiger partial charge < -0.3 is 19.5 Å². The highest BCUT2D eigenvalue weighted by atomic mass is 16.5. The number of anilines is 1. The van der Waals surface area contributed by atoms with E-state index in [4.69, 9.17) is 14.2 Å². The minimum Gasteiger partial charge on any atom is -0.493 e. The fourth-order valence-corrected chi connectivity index (χ4v) is 2.07. The van der Waals surface area contributed by atoms with Gasteiger partial charge in [0.05, 0.1) is 19.7 Å². The van der Waals surface area contributed by atoms with Gasteiger partial charge in [0.15, 0.2) is 11.5 Å². The number of benzene rings is 1. The maximum atomic E-state index is 5.34. The van der Waals surface area contributed by atoms with Crippen LogP contribution in [0.3, 0.4) is 0 Å². The number of aromatic nitrogens is 1. The van der Waals surface area contributed by atoms with Crippen LogP contribution < -0.4 is 14.8 Å². The number of nitrogens with zero attached hydrogens (tertiary/aromatic N) is 1. The molecular weight excluding hydrogens is 256 g/mol. The van der Waals surface area contributed by atoms with Crippen LogP contribution in [0.1, 0.15) is 6.42 Å². The lowest BCUT2D eigenvalue weighted by molar-refractivity contribution is 0.198. The summed E-state index contributed by atoms with van der Waals surface area (Å²) in [5, 5.41) is 4.41. The van der Waals surface area contributed by atoms with Gasteiger partial charge in [0, 0.05) is 43.6 Å². The number of ether oxygens (including phenoxy) is 3. The molecule has 0 saturated carbocycles. The van der Waals surface area contributed by atoms with Crippen LogP contribution in [0.15, 0.2) is 24.4 Å². The molecule has 5 heteroatoms. The van der Waals surface area contributed by atoms with Gasteiger partial charge in [0.25, 0.3) is 0 Å². The summed E-state index contributed by atoms with van der Waals surface area (Å²) >= 11 is 0. The van der Waals surface area contributed by atoms with Crippen molar-refractivity contribution in [1.82, 2.24) is 4.98 Å². The van der Waals surface area contributed by atoms with Crippen LogP contribution in [-0.2, 0) is 4.74 Å². The molecule has 0 unspecified atom stereocenters. The summed E-state index contributed by atoms with van der Waals surface area (Å²) < 4.78 is 15.7. The summed E-state index contributed by atoms with van der Waals surface area (Å²) in [7, 11) is 4.96. The number of methoxy groups -OCH3 is 3. The van der Waals surface area contributed by atoms with E-state index in [9.17, 15) is 0 Å². The fraction of sp³-hybridized carbons (Fsp3) is 0.400. The molecule has 1 aromatic heterocycles. The lowest BCUT2D eigenvalue weighted by Gasteiger charge is -2.12. The molecule has 0 amide bonds. The smallest absolute Gasteiger partial charge is 0.162 e. The second-order valence-corrected chi connectivity index (χ2v) is 4.36. The number of hydrogen-bond donors (Lipinski definition) is 1. The first-order valence-electron chi connectivity index (χ1n) is 6.53. The Balaban J connectivity index is 2.30. The lowest BCUT2D eigenvalue weighted by Crippen LogP contribution is -2.05. The maximum Gasteiger partial charge on any atom is 0.162 e. The minimum atomic E-state index is 0.684. The molecule has 0 fully saturated rings. The highest BCUT2D eigenvalue weighted by Crippen LogP contribution is 2.34. The van der Waals surface area contributed by atoms with Gasteiger partial charge in [0.2, 0.25) is 0 Å². The highest BCUT2D eigenvalue weighted by Gasteiger charge is 2.09. The molecule has 0 aliphatic rings. The average Bonchev–Trinajstić information content (AvgIpc) is 2.50. The molecule has 5 nitrogen and oxygen atoms in total. The first-order chi connectivity index (χ1) is 9.80. The molecule has 0 saturated heterocycles. The predicted molar refractivity (Wildman–Crippen MR) is 79.8 cm³/mol. The lowest BCUT2D eigenvalue weighted by atomic mass is 10.1. The van der Waals surface area contributed by atoms with E-state index in [1.54, 1.807) is 27.5 Å². The molecule has 108 valence electrons. The van der Waals surface area contributed by atoms with Gasteiger partial charge in [-0.3, -0.25) is 4.98 Å². The SMILES string of the molecule is COCCCNc1ccnc2cc(OC)c(OC)cc12. The van der Waals surface area contributed by atoms with Gasteiger partial charge in [-0.2, -0.15) is 0 Å². The first-order valence-corrected chi connectivity index (χ1v) is 6.53. The normalized spacial score (nSPS) is 10.6. The summed E-state index contributed by atoms with van der Waals surface area (Å²) in [5.74, 6) is 1.39. The van der Waals surface area contributed by atoms with Crippen molar-refractivity contribution in [2.75, 3.05) is 39.8 Å². The summed E-state index contributed by atoms with van der Waals surface area (Å²) in [6.07, 6.45) is 2.74. The van der Waals surface area contributed by atoms with Crippen molar-refractivity contribution in [2.45, 2.75) is 6.42 Å². The second kappa shape index (κ2) is 6.96. The van der Waals surface area contributed by atoms with Crippen molar-refractivity contribution in [3.05, 3.63) is 24.4 Å². The van der Waals surface area contributed by atoms with Gasteiger partial charge in [-0.05, 0) is 18.6 Å². The van der Waals surface area contributed by atoms with Crippen LogP contribution in [0, 0.1) is 0 Å². The van der Waals surface area contributed by atoms with Crippen molar-refractivity contribution < 1.29 is 14.2 Å². The number of pyridine rings is 1. The van der Waals surface area contributed by atoms with E-state index >= 15 is 0 Å². The Kier molecular flexibility index (Phi) is 5.01. The Bertz CT molecular complexity index is 572. The Morgan fingerprint density at radius 1 is 1.10 bits per heavy atom. The Hall–Kier alpha value is -2.01. The van der Waals surface area contributed by atoms with E-state index in [-0.39, 0.29) is 0 Å². The number of hydrogen-bond acceptors (Lipinski definition) is 5. The molecule has 0 atom stereocenters. The third-order valence-corrected chi connectivity index (χ3v) is 3.09. The van der Waals surface area contributed by atoms with Crippen molar-refractivity contribution >= 4 is 16.6 Å². The second-order valence-electron chi connectivity index (χ2n) is 4.36. The zero-order chi connectivity index (χ0) is 14.4. The summed E-state index contributed by atoms with van der Waals surface area (Å²) in [6.45, 7) is 1.59. The van der Waals surface area contributed by atoms with Crippen LogP contribution in [0.25, 0.3) is 10.9 Å². The summed E-state index contributed by atoms with van der Waals surface area (Å²) in [5.41, 5.74) is 1.91. The Morgan fingerprint density at radius 2 is 1.85 bits per heavy atom. The number of rotatable bonds is 7. The predicted octanol–water partition coefficient (Wildman–Crippen LogP) is 2.70. The van der Waals surface area contributed by atoms with Gasteiger partial charge >= 0.3 is 0 Å². The van der Waals surface area contributed by atoms with Gasteiger partial charge in [-0.1, -0.05) is 0 Å². The van der Waals surface area contributed by atoms with Crippen LogP contribution >= 0.6 is 0 Å². The molecule has 2 rings (SSSR count). The topological polar surface area (TPSA) is 52.6 Å². The zero-order valence-corrected chi connectivity index (χ0v) is 12.1.